The Kier molecular flexibility index (Phi) is 16.3. The van der Waals surface area contributed by atoms with Crippen LogP contribution < -0.4 is 25.4 Å². The van der Waals surface area contributed by atoms with Gasteiger partial charge in [0.15, 0.2) is 35.1 Å². The molecule has 7 N–H and O–H groups in total. The summed E-state index contributed by atoms with van der Waals surface area (Å²) < 4.78 is 19.0. The summed E-state index contributed by atoms with van der Waals surface area (Å²) in [7, 11) is 5.22. The first-order valence-electron chi connectivity index (χ1n) is 27.7. The van der Waals surface area contributed by atoms with Gasteiger partial charge < -0.3 is 45.3 Å². The van der Waals surface area contributed by atoms with Gasteiger partial charge in [-0.2, -0.15) is 0 Å². The number of hydrogen-bond acceptors (Lipinski definition) is 10. The lowest BCUT2D eigenvalue weighted by Gasteiger charge is -2.59. The van der Waals surface area contributed by atoms with E-state index in [1.807, 2.05) is 25.3 Å². The molecule has 71 heavy (non-hydrogen) atoms. The van der Waals surface area contributed by atoms with Crippen LogP contribution in [0.5, 0.6) is 23.0 Å². The van der Waals surface area contributed by atoms with Crippen LogP contribution in [0.3, 0.4) is 0 Å². The zero-order valence-electron chi connectivity index (χ0n) is 43.2. The van der Waals surface area contributed by atoms with Crippen LogP contribution in [-0.2, 0) is 21.4 Å². The molecule has 12 unspecified atom stereocenters. The molecule has 2 aromatic rings. The molecule has 0 radical (unpaired) electrons. The third kappa shape index (κ3) is 10.5. The van der Waals surface area contributed by atoms with Crippen LogP contribution in [0.15, 0.2) is 47.5 Å². The van der Waals surface area contributed by atoms with Crippen molar-refractivity contribution in [3.05, 3.63) is 53.6 Å². The molecule has 0 saturated heterocycles. The summed E-state index contributed by atoms with van der Waals surface area (Å²) in [5.74, 6) is 7.14. The number of aliphatic imine (C=N–C) groups is 1. The number of ether oxygens (including phenoxy) is 3. The number of methoxy groups -OCH3 is 1. The number of ketones is 1. The number of anilines is 1. The van der Waals surface area contributed by atoms with Crippen LogP contribution in [-0.4, -0.2) is 84.5 Å². The number of rotatable bonds is 15. The number of phenolic OH excluding ortho intramolecular Hbond substituents is 2. The zero-order valence-corrected chi connectivity index (χ0v) is 43.2. The first-order valence-corrected chi connectivity index (χ1v) is 27.7. The van der Waals surface area contributed by atoms with Crippen LogP contribution in [0.1, 0.15) is 153 Å². The fraction of sp³-hybridized carbons (Fsp3) is 0.695. The zero-order chi connectivity index (χ0) is 49.8. The first-order chi connectivity index (χ1) is 34.5. The van der Waals surface area contributed by atoms with E-state index >= 15 is 4.79 Å². The monoisotopic (exact) mass is 977 g/mol. The van der Waals surface area contributed by atoms with E-state index in [4.69, 9.17) is 14.2 Å². The number of fused-ring (bicyclic) bond motifs is 5. The maximum Gasteiger partial charge on any atom is 0.207 e. The molecular weight excluding hydrogens is 893 g/mol. The summed E-state index contributed by atoms with van der Waals surface area (Å²) in [5.41, 5.74) is 0.817. The molecule has 1 spiro atoms. The Morgan fingerprint density at radius 2 is 1.79 bits per heavy atom. The van der Waals surface area contributed by atoms with Crippen molar-refractivity contribution >= 4 is 17.4 Å². The van der Waals surface area contributed by atoms with Gasteiger partial charge in [0, 0.05) is 49.9 Å². The highest BCUT2D eigenvalue weighted by molar-refractivity contribution is 5.97. The van der Waals surface area contributed by atoms with Crippen molar-refractivity contribution in [2.45, 2.75) is 172 Å². The van der Waals surface area contributed by atoms with E-state index in [9.17, 15) is 20.4 Å². The van der Waals surface area contributed by atoms with Crippen LogP contribution in [0.2, 0.25) is 0 Å². The van der Waals surface area contributed by atoms with E-state index in [-0.39, 0.29) is 53.7 Å². The maximum atomic E-state index is 15.7. The van der Waals surface area contributed by atoms with E-state index in [1.165, 1.54) is 6.42 Å². The van der Waals surface area contributed by atoms with E-state index in [0.717, 1.165) is 120 Å². The fourth-order valence-electron chi connectivity index (χ4n) is 16.1. The Labute approximate surface area is 423 Å². The van der Waals surface area contributed by atoms with Crippen molar-refractivity contribution in [2.24, 2.45) is 57.8 Å². The first kappa shape index (κ1) is 51.6. The van der Waals surface area contributed by atoms with Gasteiger partial charge in [-0.1, -0.05) is 63.5 Å². The minimum absolute atomic E-state index is 0.00521. The minimum atomic E-state index is -0.814. The predicted molar refractivity (Wildman–Crippen MR) is 278 cm³/mol. The number of hydrogen-bond donors (Lipinski definition) is 7. The predicted octanol–water partition coefficient (Wildman–Crippen LogP) is 9.92. The molecule has 12 nitrogen and oxygen atoms in total. The van der Waals surface area contributed by atoms with Crippen molar-refractivity contribution in [2.75, 3.05) is 39.7 Å². The molecule has 1 heterocycles. The molecule has 2 aromatic carbocycles. The Morgan fingerprint density at radius 1 is 0.958 bits per heavy atom. The van der Waals surface area contributed by atoms with E-state index < -0.39 is 22.7 Å². The van der Waals surface area contributed by atoms with Gasteiger partial charge in [-0.3, -0.25) is 15.1 Å². The molecule has 6 saturated carbocycles. The Hall–Kier alpha value is -4.28. The van der Waals surface area contributed by atoms with E-state index in [1.54, 1.807) is 20.2 Å². The summed E-state index contributed by atoms with van der Waals surface area (Å²) in [6.45, 7) is 3.06. The van der Waals surface area contributed by atoms with Crippen molar-refractivity contribution in [3.8, 4) is 35.0 Å². The van der Waals surface area contributed by atoms with Gasteiger partial charge >= 0.3 is 0 Å². The Morgan fingerprint density at radius 3 is 2.56 bits per heavy atom. The second kappa shape index (κ2) is 22.5. The molecule has 6 aliphatic carbocycles. The van der Waals surface area contributed by atoms with Crippen LogP contribution in [0.25, 0.3) is 0 Å². The number of aromatic hydroxyl groups is 2. The molecule has 0 aromatic heterocycles. The minimum Gasteiger partial charge on any atom is -0.504 e. The van der Waals surface area contributed by atoms with E-state index in [0.29, 0.717) is 79.0 Å². The number of benzene rings is 2. The summed E-state index contributed by atoms with van der Waals surface area (Å²) in [6, 6.07) is 12.9. The van der Waals surface area contributed by atoms with Crippen molar-refractivity contribution < 1.29 is 39.4 Å². The molecule has 2 bridgehead atoms. The molecule has 0 amide bonds. The topological polar surface area (TPSA) is 174 Å². The molecular formula is C59H84N4O8. The van der Waals surface area contributed by atoms with Crippen molar-refractivity contribution in [3.63, 3.8) is 0 Å². The number of nitrogens with one attached hydrogen (secondary N) is 3. The number of carbonyl (C=O) groups excluding carboxylic acids is 1. The van der Waals surface area contributed by atoms with E-state index in [2.05, 4.69) is 58.0 Å². The average molecular weight is 977 g/mol. The normalized spacial score (nSPS) is 34.8. The van der Waals surface area contributed by atoms with Crippen LogP contribution in [0.4, 0.5) is 5.69 Å². The molecule has 9 rings (SSSR count). The quantitative estimate of drug-likeness (QED) is 0.0514. The number of allylic oxidation sites excluding steroid dienone is 2. The van der Waals surface area contributed by atoms with Gasteiger partial charge in [-0.25, -0.2) is 0 Å². The Balaban J connectivity index is 1.18. The second-order valence-electron chi connectivity index (χ2n) is 23.0. The van der Waals surface area contributed by atoms with Gasteiger partial charge in [0.2, 0.25) is 5.96 Å². The third-order valence-corrected chi connectivity index (χ3v) is 19.3. The van der Waals surface area contributed by atoms with Gasteiger partial charge in [-0.15, -0.1) is 0 Å². The SMILES string of the molecule is CCC1CCC2C(C1)C1C=CC(=O)C3(Cc4ccc(O)c(OC)c4)CCCC3CC#CNC(=NC)Nc3cc(cc(OC4(CNC)CCC(CC(O)OC5CCCC5)C4)c3O)C13CCCC3C2CCCO. The number of guanidine groups is 1. The lowest BCUT2D eigenvalue weighted by molar-refractivity contribution is -0.143. The number of aliphatic hydroxyl groups excluding tert-OH is 2. The number of carbonyl (C=O) groups is 1. The number of phenols is 2. The van der Waals surface area contributed by atoms with Gasteiger partial charge in [0.1, 0.15) is 5.60 Å². The van der Waals surface area contributed by atoms with Gasteiger partial charge in [-0.05, 0) is 186 Å². The summed E-state index contributed by atoms with van der Waals surface area (Å²) >= 11 is 0. The van der Waals surface area contributed by atoms with Gasteiger partial charge in [0.05, 0.1) is 18.9 Å². The smallest absolute Gasteiger partial charge is 0.207 e. The lowest BCUT2D eigenvalue weighted by atomic mass is 9.45. The highest BCUT2D eigenvalue weighted by Gasteiger charge is 2.61. The lowest BCUT2D eigenvalue weighted by Crippen LogP contribution is -2.55. The Bertz CT molecular complexity index is 2300. The largest absolute Gasteiger partial charge is 0.504 e. The number of nitrogens with zero attached hydrogens (tertiary/aromatic N) is 1. The van der Waals surface area contributed by atoms with Crippen molar-refractivity contribution in [1.82, 2.24) is 10.6 Å². The molecule has 388 valence electrons. The molecule has 6 fully saturated rings. The molecule has 1 aliphatic heterocycles. The standard InChI is InChI=1S/C59H84N4O8/c1-5-38-18-20-44-45(16-11-29-64)47-17-9-26-59(47)42-33-49(55(68)52(34-42)71-57(37-60-2)27-24-40(35-57)32-54(67)70-43-14-6-7-15-43)63-56(61-3)62-28-10-13-41-12-8-25-58(41,53(66)23-21-48(59)46(44)30-38)36-39-19-22-50(65)51(31-39)69-4/h19,21-23,31,33-34,38,40-41,43-48,54,60,64-65,67-68H,5-9,11-18,20,24-27,29-30,32,35-37H2,1-4H3,(H2,61,62,63). The number of likely N-dealkylation sites (N-methyl/N-ethyl adjacent to an activating group) is 1. The second-order valence-corrected chi connectivity index (χ2v) is 23.0. The summed E-state index contributed by atoms with van der Waals surface area (Å²) in [5, 5.41) is 54.8. The molecule has 7 aliphatic rings. The molecule has 12 heteroatoms. The maximum absolute atomic E-state index is 15.7. The highest BCUT2D eigenvalue weighted by atomic mass is 16.6. The summed E-state index contributed by atoms with van der Waals surface area (Å²) in [6.07, 6.45) is 23.8. The third-order valence-electron chi connectivity index (χ3n) is 19.3. The highest BCUT2D eigenvalue weighted by Crippen LogP contribution is 2.67. The molecule has 12 atom stereocenters. The van der Waals surface area contributed by atoms with Crippen LogP contribution >= 0.6 is 0 Å². The summed E-state index contributed by atoms with van der Waals surface area (Å²) in [4.78, 5) is 20.3. The number of aliphatic hydroxyl groups is 2. The van der Waals surface area contributed by atoms with Gasteiger partial charge in [0.25, 0.3) is 0 Å². The average Bonchev–Trinajstić information content (AvgIpc) is 4.21. The fourth-order valence-corrected chi connectivity index (χ4v) is 16.1. The van der Waals surface area contributed by atoms with Crippen LogP contribution in [0, 0.1) is 64.7 Å². The van der Waals surface area contributed by atoms with Crippen molar-refractivity contribution in [1.29, 1.82) is 0 Å².